The van der Waals surface area contributed by atoms with Gasteiger partial charge in [0.05, 0.1) is 19.3 Å². The molecule has 2 aliphatic heterocycles. The van der Waals surface area contributed by atoms with Crippen molar-refractivity contribution in [3.05, 3.63) is 71.3 Å². The number of benzene rings is 2. The largest absolute Gasteiger partial charge is 0.408 e. The lowest BCUT2D eigenvalue weighted by Gasteiger charge is -2.31. The van der Waals surface area contributed by atoms with Gasteiger partial charge in [0.1, 0.15) is 12.0 Å². The number of hydrogen-bond acceptors (Lipinski definition) is 3. The molecule has 2 heterocycles. The van der Waals surface area contributed by atoms with E-state index in [1.807, 2.05) is 59.9 Å². The average Bonchev–Trinajstić information content (AvgIpc) is 2.71. The maximum Gasteiger partial charge on any atom is 0.408 e. The minimum Gasteiger partial charge on any atom is -0.380 e. The molecule has 0 spiro atoms. The number of hydrogen-bond donors (Lipinski definition) is 2. The Bertz CT molecular complexity index is 927. The van der Waals surface area contributed by atoms with Gasteiger partial charge in [0.15, 0.2) is 0 Å². The van der Waals surface area contributed by atoms with Gasteiger partial charge >= 0.3 is 6.18 Å². The van der Waals surface area contributed by atoms with Crippen molar-refractivity contribution in [3.8, 4) is 0 Å². The molecule has 5 nitrogen and oxygen atoms in total. The summed E-state index contributed by atoms with van der Waals surface area (Å²) in [5.74, 6) is -2.26. The van der Waals surface area contributed by atoms with Crippen LogP contribution in [0.15, 0.2) is 54.6 Å². The van der Waals surface area contributed by atoms with Crippen LogP contribution in [-0.2, 0) is 14.3 Å². The third-order valence-electron chi connectivity index (χ3n) is 5.89. The fourth-order valence-electron chi connectivity index (χ4n) is 3.94. The Kier molecular flexibility index (Phi) is 6.00. The highest BCUT2D eigenvalue weighted by atomic mass is 19.4. The molecule has 3 atom stereocenters. The summed E-state index contributed by atoms with van der Waals surface area (Å²) in [7, 11) is 0. The number of piperidine rings is 1. The van der Waals surface area contributed by atoms with Gasteiger partial charge in [-0.3, -0.25) is 9.59 Å². The van der Waals surface area contributed by atoms with Gasteiger partial charge in [0.25, 0.3) is 0 Å². The lowest BCUT2D eigenvalue weighted by molar-refractivity contribution is -0.171. The summed E-state index contributed by atoms with van der Waals surface area (Å²) < 4.78 is 43.9. The van der Waals surface area contributed by atoms with Gasteiger partial charge in [-0.1, -0.05) is 54.6 Å². The fraction of sp³-hybridized carbons (Fsp3) is 0.391. The van der Waals surface area contributed by atoms with Crippen LogP contribution in [0.1, 0.15) is 41.5 Å². The highest BCUT2D eigenvalue weighted by Crippen LogP contribution is 2.30. The second-order valence-corrected chi connectivity index (χ2v) is 7.99. The summed E-state index contributed by atoms with van der Waals surface area (Å²) in [5, 5.41) is 4.81. The first-order valence-electron chi connectivity index (χ1n) is 10.2. The van der Waals surface area contributed by atoms with E-state index in [2.05, 4.69) is 5.32 Å². The molecule has 0 aromatic heterocycles. The van der Waals surface area contributed by atoms with E-state index in [1.165, 1.54) is 0 Å². The van der Waals surface area contributed by atoms with Crippen LogP contribution in [0.2, 0.25) is 0 Å². The summed E-state index contributed by atoms with van der Waals surface area (Å²) in [4.78, 5) is 25.1. The number of rotatable bonds is 5. The van der Waals surface area contributed by atoms with Crippen LogP contribution in [0, 0.1) is 5.92 Å². The molecule has 2 aliphatic rings. The molecule has 0 saturated carbocycles. The molecule has 2 N–H and O–H groups in total. The number of halogens is 3. The summed E-state index contributed by atoms with van der Waals surface area (Å²) in [6, 6.07) is 14.7. The Morgan fingerprint density at radius 1 is 1.00 bits per heavy atom. The van der Waals surface area contributed by atoms with Crippen molar-refractivity contribution >= 4 is 11.8 Å². The van der Waals surface area contributed by atoms with Crippen LogP contribution >= 0.6 is 0 Å². The lowest BCUT2D eigenvalue weighted by atomic mass is 9.90. The van der Waals surface area contributed by atoms with Crippen molar-refractivity contribution in [1.29, 1.82) is 0 Å². The molecular formula is C23H23F3N2O3. The van der Waals surface area contributed by atoms with Gasteiger partial charge in [-0.05, 0) is 29.5 Å². The SMILES string of the molecule is O=C(NC(c1ccccc1)c1ccc(C2COC2)cc1)C1CCC(C(F)(F)F)NC1=O. The highest BCUT2D eigenvalue weighted by Gasteiger charge is 2.46. The maximum atomic E-state index is 12.9. The van der Waals surface area contributed by atoms with Crippen molar-refractivity contribution in [2.75, 3.05) is 13.2 Å². The van der Waals surface area contributed by atoms with E-state index in [-0.39, 0.29) is 12.8 Å². The van der Waals surface area contributed by atoms with Crippen LogP contribution in [0.25, 0.3) is 0 Å². The molecule has 8 heteroatoms. The first-order chi connectivity index (χ1) is 14.8. The third kappa shape index (κ3) is 4.74. The molecule has 0 radical (unpaired) electrons. The lowest BCUT2D eigenvalue weighted by Crippen LogP contribution is -2.54. The van der Waals surface area contributed by atoms with E-state index in [1.54, 1.807) is 0 Å². The standard InChI is InChI=1S/C23H23F3N2O3/c24-23(25,26)19-11-10-18(21(29)27-19)22(30)28-20(15-4-2-1-3-5-15)16-8-6-14(7-9-16)17-12-31-13-17/h1-9,17-20H,10-13H2,(H,27,29)(H,28,30). The highest BCUT2D eigenvalue weighted by molar-refractivity contribution is 6.01. The van der Waals surface area contributed by atoms with E-state index in [9.17, 15) is 22.8 Å². The Hall–Kier alpha value is -2.87. The quantitative estimate of drug-likeness (QED) is 0.712. The molecule has 2 aromatic rings. The Labute approximate surface area is 178 Å². The van der Waals surface area contributed by atoms with Gasteiger partial charge in [0, 0.05) is 5.92 Å². The van der Waals surface area contributed by atoms with E-state index in [0.29, 0.717) is 19.1 Å². The van der Waals surface area contributed by atoms with E-state index in [0.717, 1.165) is 16.7 Å². The average molecular weight is 432 g/mol. The molecule has 31 heavy (non-hydrogen) atoms. The van der Waals surface area contributed by atoms with Crippen LogP contribution in [0.5, 0.6) is 0 Å². The zero-order valence-corrected chi connectivity index (χ0v) is 16.7. The number of alkyl halides is 3. The van der Waals surface area contributed by atoms with E-state index in [4.69, 9.17) is 4.74 Å². The van der Waals surface area contributed by atoms with Crippen molar-refractivity contribution in [2.45, 2.75) is 37.0 Å². The van der Waals surface area contributed by atoms with Gasteiger partial charge in [-0.2, -0.15) is 13.2 Å². The molecule has 0 bridgehead atoms. The maximum absolute atomic E-state index is 12.9. The van der Waals surface area contributed by atoms with Crippen molar-refractivity contribution in [1.82, 2.24) is 10.6 Å². The zero-order valence-electron chi connectivity index (χ0n) is 16.7. The molecule has 164 valence electrons. The van der Waals surface area contributed by atoms with Crippen LogP contribution in [0.4, 0.5) is 13.2 Å². The normalized spacial score (nSPS) is 22.9. The second-order valence-electron chi connectivity index (χ2n) is 7.99. The van der Waals surface area contributed by atoms with Crippen molar-refractivity contribution in [3.63, 3.8) is 0 Å². The summed E-state index contributed by atoms with van der Waals surface area (Å²) >= 11 is 0. The minimum atomic E-state index is -4.52. The molecule has 4 rings (SSSR count). The molecule has 2 fully saturated rings. The van der Waals surface area contributed by atoms with Crippen LogP contribution < -0.4 is 10.6 Å². The van der Waals surface area contributed by atoms with Gasteiger partial charge in [0.2, 0.25) is 11.8 Å². The first-order valence-corrected chi connectivity index (χ1v) is 10.2. The summed E-state index contributed by atoms with van der Waals surface area (Å²) in [6.07, 6.45) is -4.98. The minimum absolute atomic E-state index is 0.149. The molecule has 0 aliphatic carbocycles. The summed E-state index contributed by atoms with van der Waals surface area (Å²) in [5.41, 5.74) is 2.80. The van der Waals surface area contributed by atoms with Crippen LogP contribution in [0.3, 0.4) is 0 Å². The van der Waals surface area contributed by atoms with Crippen molar-refractivity contribution in [2.24, 2.45) is 5.92 Å². The second kappa shape index (κ2) is 8.70. The Morgan fingerprint density at radius 3 is 2.19 bits per heavy atom. The van der Waals surface area contributed by atoms with Gasteiger partial charge in [-0.15, -0.1) is 0 Å². The van der Waals surface area contributed by atoms with Crippen molar-refractivity contribution < 1.29 is 27.5 Å². The number of nitrogens with one attached hydrogen (secondary N) is 2. The number of carbonyl (C=O) groups is 2. The molecular weight excluding hydrogens is 409 g/mol. The zero-order chi connectivity index (χ0) is 22.0. The Morgan fingerprint density at radius 2 is 1.65 bits per heavy atom. The molecule has 2 aromatic carbocycles. The monoisotopic (exact) mass is 432 g/mol. The van der Waals surface area contributed by atoms with E-state index >= 15 is 0 Å². The summed E-state index contributed by atoms with van der Waals surface area (Å²) in [6.45, 7) is 1.38. The Balaban J connectivity index is 1.51. The third-order valence-corrected chi connectivity index (χ3v) is 5.89. The molecule has 3 unspecified atom stereocenters. The van der Waals surface area contributed by atoms with Gasteiger partial charge < -0.3 is 15.4 Å². The predicted molar refractivity (Wildman–Crippen MR) is 107 cm³/mol. The number of ether oxygens (including phenoxy) is 1. The first kappa shape index (κ1) is 21.4. The predicted octanol–water partition coefficient (Wildman–Crippen LogP) is 3.46. The topological polar surface area (TPSA) is 67.4 Å². The number of carbonyl (C=O) groups excluding carboxylic acids is 2. The molecule has 2 amide bonds. The van der Waals surface area contributed by atoms with E-state index < -0.39 is 36.0 Å². The number of amides is 2. The smallest absolute Gasteiger partial charge is 0.380 e. The van der Waals surface area contributed by atoms with Gasteiger partial charge in [-0.25, -0.2) is 0 Å². The fourth-order valence-corrected chi connectivity index (χ4v) is 3.94. The van der Waals surface area contributed by atoms with Crippen LogP contribution in [-0.4, -0.2) is 37.2 Å². The molecule has 2 saturated heterocycles.